The van der Waals surface area contributed by atoms with Gasteiger partial charge >= 0.3 is 0 Å². The fourth-order valence-electron chi connectivity index (χ4n) is 2.36. The summed E-state index contributed by atoms with van der Waals surface area (Å²) in [6.45, 7) is 8.36. The molecule has 0 bridgehead atoms. The number of morpholine rings is 1. The molecule has 1 fully saturated rings. The summed E-state index contributed by atoms with van der Waals surface area (Å²) < 4.78 is 11.6. The van der Waals surface area contributed by atoms with E-state index in [-0.39, 0.29) is 12.7 Å². The number of rotatable bonds is 4. The second-order valence-electron chi connectivity index (χ2n) is 5.13. The van der Waals surface area contributed by atoms with Crippen molar-refractivity contribution in [1.29, 1.82) is 0 Å². The summed E-state index contributed by atoms with van der Waals surface area (Å²) in [5, 5.41) is 8.73. The Kier molecular flexibility index (Phi) is 6.06. The Hall–Kier alpha value is -1.54. The summed E-state index contributed by atoms with van der Waals surface area (Å²) in [5.41, 5.74) is 1.97. The van der Waals surface area contributed by atoms with Crippen molar-refractivity contribution in [2.45, 2.75) is 20.0 Å². The van der Waals surface area contributed by atoms with Crippen LogP contribution >= 0.6 is 0 Å². The van der Waals surface area contributed by atoms with Gasteiger partial charge in [-0.05, 0) is 37.2 Å². The second kappa shape index (κ2) is 8.04. The van der Waals surface area contributed by atoms with E-state index in [0.29, 0.717) is 6.61 Å². The van der Waals surface area contributed by atoms with Gasteiger partial charge < -0.3 is 14.6 Å². The Morgan fingerprint density at radius 2 is 2.33 bits per heavy atom. The van der Waals surface area contributed by atoms with Crippen molar-refractivity contribution in [1.82, 2.24) is 4.90 Å². The quantitative estimate of drug-likeness (QED) is 0.852. The molecule has 1 saturated heterocycles. The minimum Gasteiger partial charge on any atom is -0.491 e. The average molecular weight is 289 g/mol. The highest BCUT2D eigenvalue weighted by Crippen LogP contribution is 2.17. The molecule has 1 N–H and O–H groups in total. The van der Waals surface area contributed by atoms with Crippen LogP contribution in [0.25, 0.3) is 0 Å². The van der Waals surface area contributed by atoms with Gasteiger partial charge in [0.1, 0.15) is 25.1 Å². The lowest BCUT2D eigenvalue weighted by Gasteiger charge is -2.31. The number of hydrogen-bond donors (Lipinski definition) is 1. The molecule has 4 heteroatoms. The number of benzene rings is 1. The molecule has 0 spiro atoms. The zero-order valence-electron chi connectivity index (χ0n) is 12.8. The van der Waals surface area contributed by atoms with Crippen molar-refractivity contribution in [3.8, 4) is 17.6 Å². The fourth-order valence-corrected chi connectivity index (χ4v) is 2.36. The van der Waals surface area contributed by atoms with Gasteiger partial charge in [0.05, 0.1) is 6.61 Å². The maximum atomic E-state index is 8.73. The van der Waals surface area contributed by atoms with Crippen LogP contribution in [-0.2, 0) is 4.74 Å². The summed E-state index contributed by atoms with van der Waals surface area (Å²) in [6.07, 6.45) is 0.132. The zero-order valence-corrected chi connectivity index (χ0v) is 12.8. The van der Waals surface area contributed by atoms with E-state index in [2.05, 4.69) is 23.7 Å². The van der Waals surface area contributed by atoms with Crippen LogP contribution in [0.1, 0.15) is 18.1 Å². The van der Waals surface area contributed by atoms with Gasteiger partial charge in [-0.15, -0.1) is 0 Å². The average Bonchev–Trinajstić information content (AvgIpc) is 2.52. The number of likely N-dealkylation sites (N-methyl/N-ethyl adjacent to an activating group) is 1. The summed E-state index contributed by atoms with van der Waals surface area (Å²) in [4.78, 5) is 2.37. The first-order valence-electron chi connectivity index (χ1n) is 7.40. The largest absolute Gasteiger partial charge is 0.491 e. The lowest BCUT2D eigenvalue weighted by atomic mass is 10.1. The molecule has 1 unspecified atom stereocenters. The normalized spacial score (nSPS) is 18.9. The molecule has 0 aliphatic carbocycles. The molecule has 1 aliphatic heterocycles. The maximum Gasteiger partial charge on any atom is 0.119 e. The van der Waals surface area contributed by atoms with E-state index < -0.39 is 0 Å². The predicted octanol–water partition coefficient (Wildman–Crippen LogP) is 1.44. The van der Waals surface area contributed by atoms with E-state index in [4.69, 9.17) is 14.6 Å². The van der Waals surface area contributed by atoms with Crippen molar-refractivity contribution in [3.63, 3.8) is 0 Å². The van der Waals surface area contributed by atoms with E-state index in [0.717, 1.165) is 43.1 Å². The van der Waals surface area contributed by atoms with Crippen LogP contribution in [0.15, 0.2) is 18.2 Å². The third kappa shape index (κ3) is 4.75. The number of aryl methyl sites for hydroxylation is 1. The Balaban J connectivity index is 1.90. The number of hydrogen-bond acceptors (Lipinski definition) is 4. The lowest BCUT2D eigenvalue weighted by Crippen LogP contribution is -2.44. The van der Waals surface area contributed by atoms with Crippen LogP contribution in [0.4, 0.5) is 0 Å². The summed E-state index contributed by atoms with van der Waals surface area (Å²) in [5.74, 6) is 6.41. The Morgan fingerprint density at radius 3 is 3.05 bits per heavy atom. The molecule has 1 aromatic rings. The van der Waals surface area contributed by atoms with Gasteiger partial charge in [-0.3, -0.25) is 4.90 Å². The van der Waals surface area contributed by atoms with Gasteiger partial charge in [-0.1, -0.05) is 18.8 Å². The van der Waals surface area contributed by atoms with Crippen LogP contribution < -0.4 is 4.74 Å². The van der Waals surface area contributed by atoms with Crippen molar-refractivity contribution in [3.05, 3.63) is 29.3 Å². The topological polar surface area (TPSA) is 41.9 Å². The SMILES string of the molecule is CCN1CCOC(COc2ccc(C#CCO)c(C)c2)C1. The highest BCUT2D eigenvalue weighted by Gasteiger charge is 2.19. The van der Waals surface area contributed by atoms with Crippen LogP contribution in [0.2, 0.25) is 0 Å². The van der Waals surface area contributed by atoms with Crippen LogP contribution in [0.5, 0.6) is 5.75 Å². The third-order valence-electron chi connectivity index (χ3n) is 3.61. The van der Waals surface area contributed by atoms with Gasteiger partial charge in [0.2, 0.25) is 0 Å². The molecule has 1 atom stereocenters. The van der Waals surface area contributed by atoms with E-state index in [9.17, 15) is 0 Å². The molecular formula is C17H23NO3. The van der Waals surface area contributed by atoms with E-state index in [1.165, 1.54) is 0 Å². The molecule has 1 aliphatic rings. The highest BCUT2D eigenvalue weighted by molar-refractivity contribution is 5.44. The first-order chi connectivity index (χ1) is 10.2. The number of ether oxygens (including phenoxy) is 2. The predicted molar refractivity (Wildman–Crippen MR) is 82.5 cm³/mol. The standard InChI is InChI=1S/C17H23NO3/c1-3-18-8-10-20-17(12-18)13-21-16-7-6-15(5-4-9-19)14(2)11-16/h6-7,11,17,19H,3,8-10,12-13H2,1-2H3. The lowest BCUT2D eigenvalue weighted by molar-refractivity contribution is -0.0464. The van der Waals surface area contributed by atoms with Crippen molar-refractivity contribution >= 4 is 0 Å². The van der Waals surface area contributed by atoms with Gasteiger partial charge in [0.25, 0.3) is 0 Å². The smallest absolute Gasteiger partial charge is 0.119 e. The monoisotopic (exact) mass is 289 g/mol. The first kappa shape index (κ1) is 15.8. The number of aliphatic hydroxyl groups excluding tert-OH is 1. The summed E-state index contributed by atoms with van der Waals surface area (Å²) in [6, 6.07) is 5.81. The summed E-state index contributed by atoms with van der Waals surface area (Å²) in [7, 11) is 0. The molecule has 21 heavy (non-hydrogen) atoms. The molecule has 2 rings (SSSR count). The molecule has 0 aromatic heterocycles. The zero-order chi connectivity index (χ0) is 15.1. The molecule has 0 saturated carbocycles. The molecule has 0 amide bonds. The van der Waals surface area contributed by atoms with Crippen LogP contribution in [0.3, 0.4) is 0 Å². The van der Waals surface area contributed by atoms with Crippen molar-refractivity contribution in [2.75, 3.05) is 39.5 Å². The maximum absolute atomic E-state index is 8.73. The number of aliphatic hydroxyl groups is 1. The van der Waals surface area contributed by atoms with Gasteiger partial charge in [-0.25, -0.2) is 0 Å². The molecule has 1 aromatic carbocycles. The summed E-state index contributed by atoms with van der Waals surface area (Å²) >= 11 is 0. The molecular weight excluding hydrogens is 266 g/mol. The van der Waals surface area contributed by atoms with Crippen molar-refractivity contribution in [2.24, 2.45) is 0 Å². The molecule has 114 valence electrons. The Bertz CT molecular complexity index is 519. The van der Waals surface area contributed by atoms with E-state index in [1.54, 1.807) is 0 Å². The van der Waals surface area contributed by atoms with Crippen LogP contribution in [-0.4, -0.2) is 55.6 Å². The van der Waals surface area contributed by atoms with Crippen LogP contribution in [0, 0.1) is 18.8 Å². The Morgan fingerprint density at radius 1 is 1.48 bits per heavy atom. The van der Waals surface area contributed by atoms with Gasteiger partial charge in [0, 0.05) is 18.7 Å². The number of nitrogens with zero attached hydrogens (tertiary/aromatic N) is 1. The first-order valence-corrected chi connectivity index (χ1v) is 7.40. The highest BCUT2D eigenvalue weighted by atomic mass is 16.5. The molecule has 0 radical (unpaired) electrons. The fraction of sp³-hybridized carbons (Fsp3) is 0.529. The van der Waals surface area contributed by atoms with E-state index >= 15 is 0 Å². The van der Waals surface area contributed by atoms with Gasteiger partial charge in [0.15, 0.2) is 0 Å². The van der Waals surface area contributed by atoms with Gasteiger partial charge in [-0.2, -0.15) is 0 Å². The molecule has 1 heterocycles. The Labute approximate surface area is 126 Å². The molecule has 4 nitrogen and oxygen atoms in total. The van der Waals surface area contributed by atoms with E-state index in [1.807, 2.05) is 25.1 Å². The minimum absolute atomic E-state index is 0.120. The second-order valence-corrected chi connectivity index (χ2v) is 5.13. The third-order valence-corrected chi connectivity index (χ3v) is 3.61. The van der Waals surface area contributed by atoms with Crippen molar-refractivity contribution < 1.29 is 14.6 Å². The minimum atomic E-state index is -0.120.